The summed E-state index contributed by atoms with van der Waals surface area (Å²) in [5.74, 6) is -0.309. The molecule has 1 aliphatic carbocycles. The number of nitrogens with one attached hydrogen (secondary N) is 1. The number of benzene rings is 2. The SMILES string of the molecule is O=C(C1C(O)c2ccccc2C12CCNCC2)N1CCCc2ccccc21. The first-order valence-electron chi connectivity index (χ1n) is 10.1. The van der Waals surface area contributed by atoms with Crippen LogP contribution < -0.4 is 10.2 Å². The third-order valence-corrected chi connectivity index (χ3v) is 6.87. The van der Waals surface area contributed by atoms with Crippen molar-refractivity contribution in [3.63, 3.8) is 0 Å². The van der Waals surface area contributed by atoms with Gasteiger partial charge in [0.05, 0.1) is 12.0 Å². The fourth-order valence-electron chi connectivity index (χ4n) is 5.61. The van der Waals surface area contributed by atoms with E-state index in [4.69, 9.17) is 0 Å². The predicted molar refractivity (Wildman–Crippen MR) is 106 cm³/mol. The Hall–Kier alpha value is -2.17. The molecule has 2 aromatic rings. The van der Waals surface area contributed by atoms with E-state index in [9.17, 15) is 9.90 Å². The van der Waals surface area contributed by atoms with Crippen molar-refractivity contribution in [3.05, 3.63) is 65.2 Å². The first kappa shape index (κ1) is 17.0. The van der Waals surface area contributed by atoms with Crippen LogP contribution in [-0.2, 0) is 16.6 Å². The van der Waals surface area contributed by atoms with Gasteiger partial charge in [0.1, 0.15) is 0 Å². The smallest absolute Gasteiger partial charge is 0.233 e. The molecule has 1 spiro atoms. The van der Waals surface area contributed by atoms with Crippen LogP contribution in [0.5, 0.6) is 0 Å². The Kier molecular flexibility index (Phi) is 4.06. The highest BCUT2D eigenvalue weighted by atomic mass is 16.3. The van der Waals surface area contributed by atoms with Gasteiger partial charge in [0.25, 0.3) is 0 Å². The lowest BCUT2D eigenvalue weighted by Crippen LogP contribution is -2.51. The Morgan fingerprint density at radius 1 is 1.07 bits per heavy atom. The van der Waals surface area contributed by atoms with Crippen molar-refractivity contribution in [2.75, 3.05) is 24.5 Å². The van der Waals surface area contributed by atoms with Crippen LogP contribution >= 0.6 is 0 Å². The van der Waals surface area contributed by atoms with Crippen molar-refractivity contribution < 1.29 is 9.90 Å². The number of hydrogen-bond acceptors (Lipinski definition) is 3. The number of rotatable bonds is 1. The van der Waals surface area contributed by atoms with Gasteiger partial charge >= 0.3 is 0 Å². The van der Waals surface area contributed by atoms with Gasteiger partial charge in [0.15, 0.2) is 0 Å². The van der Waals surface area contributed by atoms with E-state index in [1.165, 1.54) is 11.1 Å². The number of amides is 1. The van der Waals surface area contributed by atoms with Crippen molar-refractivity contribution in [1.82, 2.24) is 5.32 Å². The topological polar surface area (TPSA) is 52.6 Å². The second kappa shape index (κ2) is 6.47. The summed E-state index contributed by atoms with van der Waals surface area (Å²) >= 11 is 0. The molecule has 4 heteroatoms. The van der Waals surface area contributed by atoms with E-state index in [0.29, 0.717) is 0 Å². The maximum Gasteiger partial charge on any atom is 0.233 e. The molecule has 27 heavy (non-hydrogen) atoms. The number of piperidine rings is 1. The van der Waals surface area contributed by atoms with E-state index in [-0.39, 0.29) is 11.3 Å². The maximum absolute atomic E-state index is 13.9. The Morgan fingerprint density at radius 3 is 2.67 bits per heavy atom. The third kappa shape index (κ3) is 2.47. The zero-order valence-corrected chi connectivity index (χ0v) is 15.5. The lowest BCUT2D eigenvalue weighted by Gasteiger charge is -2.42. The van der Waals surface area contributed by atoms with E-state index < -0.39 is 12.0 Å². The predicted octanol–water partition coefficient (Wildman–Crippen LogP) is 2.95. The van der Waals surface area contributed by atoms with Crippen molar-refractivity contribution in [1.29, 1.82) is 0 Å². The van der Waals surface area contributed by atoms with E-state index in [1.807, 2.05) is 35.2 Å². The van der Waals surface area contributed by atoms with Crippen LogP contribution in [0.2, 0.25) is 0 Å². The number of nitrogens with zero attached hydrogens (tertiary/aromatic N) is 1. The molecule has 5 rings (SSSR count). The molecule has 2 aliphatic heterocycles. The average molecular weight is 362 g/mol. The highest BCUT2D eigenvalue weighted by Crippen LogP contribution is 2.55. The fraction of sp³-hybridized carbons (Fsp3) is 0.435. The van der Waals surface area contributed by atoms with Gasteiger partial charge in [-0.25, -0.2) is 0 Å². The summed E-state index contributed by atoms with van der Waals surface area (Å²) in [5.41, 5.74) is 4.14. The number of aryl methyl sites for hydroxylation is 1. The van der Waals surface area contributed by atoms with Crippen molar-refractivity contribution >= 4 is 11.6 Å². The Bertz CT molecular complexity index is 872. The molecule has 140 valence electrons. The van der Waals surface area contributed by atoms with E-state index >= 15 is 0 Å². The highest BCUT2D eigenvalue weighted by molar-refractivity contribution is 5.98. The molecule has 2 heterocycles. The molecular weight excluding hydrogens is 336 g/mol. The molecule has 1 fully saturated rings. The number of anilines is 1. The van der Waals surface area contributed by atoms with Gasteiger partial charge in [0, 0.05) is 17.6 Å². The highest BCUT2D eigenvalue weighted by Gasteiger charge is 2.56. The monoisotopic (exact) mass is 362 g/mol. The molecule has 2 N–H and O–H groups in total. The minimum Gasteiger partial charge on any atom is -0.388 e. The van der Waals surface area contributed by atoms with Crippen LogP contribution in [0.15, 0.2) is 48.5 Å². The number of hydrogen-bond donors (Lipinski definition) is 2. The standard InChI is InChI=1S/C23H26N2O2/c26-21-17-8-2-3-9-18(17)23(11-13-24-14-12-23)20(21)22(27)25-15-5-7-16-6-1-4-10-19(16)25/h1-4,6,8-10,20-21,24,26H,5,7,11-15H2. The van der Waals surface area contributed by atoms with E-state index in [0.717, 1.165) is 56.6 Å². The lowest BCUT2D eigenvalue weighted by atomic mass is 9.67. The zero-order valence-electron chi connectivity index (χ0n) is 15.5. The maximum atomic E-state index is 13.9. The number of aliphatic hydroxyl groups excluding tert-OH is 1. The molecular formula is C23H26N2O2. The van der Waals surface area contributed by atoms with Crippen LogP contribution in [-0.4, -0.2) is 30.6 Å². The van der Waals surface area contributed by atoms with E-state index in [1.54, 1.807) is 0 Å². The number of aliphatic hydroxyl groups is 1. The first-order valence-corrected chi connectivity index (χ1v) is 10.1. The van der Waals surface area contributed by atoms with Crippen LogP contribution in [0.4, 0.5) is 5.69 Å². The molecule has 3 aliphatic rings. The van der Waals surface area contributed by atoms with Crippen molar-refractivity contribution in [2.24, 2.45) is 5.92 Å². The van der Waals surface area contributed by atoms with Crippen LogP contribution in [0.3, 0.4) is 0 Å². The molecule has 2 unspecified atom stereocenters. The number of fused-ring (bicyclic) bond motifs is 3. The summed E-state index contributed by atoms with van der Waals surface area (Å²) < 4.78 is 0. The van der Waals surface area contributed by atoms with E-state index in [2.05, 4.69) is 23.5 Å². The number of carbonyl (C=O) groups excluding carboxylic acids is 1. The largest absolute Gasteiger partial charge is 0.388 e. The van der Waals surface area contributed by atoms with Gasteiger partial charge in [0.2, 0.25) is 5.91 Å². The summed E-state index contributed by atoms with van der Waals surface area (Å²) in [5, 5.41) is 14.7. The second-order valence-electron chi connectivity index (χ2n) is 8.14. The fourth-order valence-corrected chi connectivity index (χ4v) is 5.61. The zero-order chi connectivity index (χ0) is 18.4. The summed E-state index contributed by atoms with van der Waals surface area (Å²) in [6, 6.07) is 16.4. The molecule has 2 aromatic carbocycles. The lowest BCUT2D eigenvalue weighted by molar-refractivity contribution is -0.129. The molecule has 1 saturated heterocycles. The molecule has 1 amide bonds. The first-order chi connectivity index (χ1) is 13.2. The summed E-state index contributed by atoms with van der Waals surface area (Å²) in [6.45, 7) is 2.52. The van der Waals surface area contributed by atoms with Gasteiger partial charge in [-0.2, -0.15) is 0 Å². The molecule has 0 aromatic heterocycles. The van der Waals surface area contributed by atoms with Gasteiger partial charge in [-0.1, -0.05) is 42.5 Å². The Balaban J connectivity index is 1.59. The normalized spacial score (nSPS) is 25.9. The minimum absolute atomic E-state index is 0.0905. The summed E-state index contributed by atoms with van der Waals surface area (Å²) in [4.78, 5) is 15.8. The molecule has 0 bridgehead atoms. The van der Waals surface area contributed by atoms with Crippen LogP contribution in [0, 0.1) is 5.92 Å². The minimum atomic E-state index is -0.721. The van der Waals surface area contributed by atoms with Gasteiger partial charge in [-0.05, 0) is 61.5 Å². The van der Waals surface area contributed by atoms with Crippen LogP contribution in [0.1, 0.15) is 42.1 Å². The number of para-hydroxylation sites is 1. The quantitative estimate of drug-likeness (QED) is 0.820. The van der Waals surface area contributed by atoms with Crippen molar-refractivity contribution in [3.8, 4) is 0 Å². The van der Waals surface area contributed by atoms with Gasteiger partial charge < -0.3 is 15.3 Å². The summed E-state index contributed by atoms with van der Waals surface area (Å²) in [6.07, 6.45) is 3.07. The Morgan fingerprint density at radius 2 is 1.81 bits per heavy atom. The van der Waals surface area contributed by atoms with Crippen molar-refractivity contribution in [2.45, 2.75) is 37.2 Å². The Labute approximate surface area is 160 Å². The summed E-state index contributed by atoms with van der Waals surface area (Å²) in [7, 11) is 0. The average Bonchev–Trinajstić information content (AvgIpc) is 2.96. The van der Waals surface area contributed by atoms with Gasteiger partial charge in [-0.3, -0.25) is 4.79 Å². The molecule has 0 saturated carbocycles. The molecule has 2 atom stereocenters. The molecule has 4 nitrogen and oxygen atoms in total. The third-order valence-electron chi connectivity index (χ3n) is 6.87. The van der Waals surface area contributed by atoms with Gasteiger partial charge in [-0.15, -0.1) is 0 Å². The number of carbonyl (C=O) groups is 1. The second-order valence-corrected chi connectivity index (χ2v) is 8.14. The van der Waals surface area contributed by atoms with Crippen LogP contribution in [0.25, 0.3) is 0 Å². The molecule has 0 radical (unpaired) electrons.